The first-order valence-electron chi connectivity index (χ1n) is 16.6. The van der Waals surface area contributed by atoms with Crippen LogP contribution in [0.2, 0.25) is 0 Å². The lowest BCUT2D eigenvalue weighted by atomic mass is 9.99. The van der Waals surface area contributed by atoms with Crippen LogP contribution in [0.5, 0.6) is 0 Å². The fraction of sp³-hybridized carbons (Fsp3) is 0.0455. The van der Waals surface area contributed by atoms with Crippen LogP contribution < -0.4 is 0 Å². The van der Waals surface area contributed by atoms with Crippen LogP contribution >= 0.6 is 0 Å². The lowest BCUT2D eigenvalue weighted by Crippen LogP contribution is -1.97. The van der Waals surface area contributed by atoms with Gasteiger partial charge in [-0.1, -0.05) is 121 Å². The molecular weight excluding hydrogens is 601 g/mol. The number of benzene rings is 4. The molecule has 2 aliphatic heterocycles. The standard InChI is InChI=1S/C44H32N4O/c49-39-27-38-42(30-17-9-3-10-18-30)36-24-23-34(46-36)40(28-13-5-1-6-14-28)32-21-22-33(45-32)41(29-15-7-2-8-16-29)35-25-26-37(47-35)43(44(39)48-38)31-19-11-4-12-20-31/h1-26,39,46-47,49H,27H2. The van der Waals surface area contributed by atoms with Crippen molar-refractivity contribution < 1.29 is 5.11 Å². The highest BCUT2D eigenvalue weighted by molar-refractivity contribution is 5.97. The van der Waals surface area contributed by atoms with E-state index in [0.29, 0.717) is 12.1 Å². The van der Waals surface area contributed by atoms with Crippen molar-refractivity contribution in [1.29, 1.82) is 0 Å². The predicted molar refractivity (Wildman–Crippen MR) is 200 cm³/mol. The van der Waals surface area contributed by atoms with Crippen molar-refractivity contribution in [1.82, 2.24) is 19.9 Å². The van der Waals surface area contributed by atoms with Crippen LogP contribution in [0, 0.1) is 0 Å². The Bertz CT molecular complexity index is 2520. The zero-order chi connectivity index (χ0) is 32.7. The molecule has 0 radical (unpaired) electrons. The fourth-order valence-corrected chi connectivity index (χ4v) is 7.16. The van der Waals surface area contributed by atoms with Gasteiger partial charge in [0.1, 0.15) is 6.10 Å². The molecule has 5 heterocycles. The largest absolute Gasteiger partial charge is 0.386 e. The van der Waals surface area contributed by atoms with Gasteiger partial charge in [-0.15, -0.1) is 0 Å². The average Bonchev–Trinajstić information content (AvgIpc) is 3.98. The van der Waals surface area contributed by atoms with Crippen molar-refractivity contribution in [3.05, 3.63) is 168 Å². The average molecular weight is 633 g/mol. The molecule has 0 fully saturated rings. The highest BCUT2D eigenvalue weighted by Crippen LogP contribution is 2.40. The van der Waals surface area contributed by atoms with Crippen LogP contribution in [0.3, 0.4) is 0 Å². The molecule has 1 unspecified atom stereocenters. The first-order valence-corrected chi connectivity index (χ1v) is 16.6. The molecule has 0 saturated heterocycles. The summed E-state index contributed by atoms with van der Waals surface area (Å²) in [5, 5.41) is 11.8. The molecule has 5 nitrogen and oxygen atoms in total. The number of aromatic amines is 2. The molecule has 9 rings (SSSR count). The summed E-state index contributed by atoms with van der Waals surface area (Å²) in [7, 11) is 0. The second-order valence-corrected chi connectivity index (χ2v) is 12.4. The van der Waals surface area contributed by atoms with E-state index in [9.17, 15) is 5.11 Å². The van der Waals surface area contributed by atoms with E-state index < -0.39 is 6.10 Å². The van der Waals surface area contributed by atoms with Crippen LogP contribution in [-0.4, -0.2) is 25.0 Å². The second kappa shape index (κ2) is 12.1. The third kappa shape index (κ3) is 5.17. The Hall–Kier alpha value is -6.30. The summed E-state index contributed by atoms with van der Waals surface area (Å²) in [4.78, 5) is 18.1. The second-order valence-electron chi connectivity index (χ2n) is 12.4. The summed E-state index contributed by atoms with van der Waals surface area (Å²) in [6.45, 7) is 0. The molecule has 1 atom stereocenters. The number of aliphatic hydroxyl groups is 1. The summed E-state index contributed by atoms with van der Waals surface area (Å²) in [5.41, 5.74) is 14.9. The molecule has 234 valence electrons. The van der Waals surface area contributed by atoms with Gasteiger partial charge in [-0.3, -0.25) is 4.98 Å². The Labute approximate surface area is 284 Å². The van der Waals surface area contributed by atoms with Crippen molar-refractivity contribution in [2.24, 2.45) is 0 Å². The summed E-state index contributed by atoms with van der Waals surface area (Å²) in [6, 6.07) is 49.8. The van der Waals surface area contributed by atoms with Gasteiger partial charge in [-0.2, -0.15) is 0 Å². The summed E-state index contributed by atoms with van der Waals surface area (Å²) < 4.78 is 0. The Morgan fingerprint density at radius 3 is 1.24 bits per heavy atom. The van der Waals surface area contributed by atoms with Crippen LogP contribution in [0.1, 0.15) is 28.9 Å². The van der Waals surface area contributed by atoms with E-state index in [0.717, 1.165) is 83.7 Å². The SMILES string of the molecule is OC1Cc2nc1c(-c1ccccc1)c1ccc([nH]1)c(-c1ccccc1)c1nc(c(-c3ccccc3)c3ccc([nH]3)c2-c2ccccc2)C=C1. The lowest BCUT2D eigenvalue weighted by Gasteiger charge is -2.08. The van der Waals surface area contributed by atoms with E-state index >= 15 is 0 Å². The number of nitrogens with one attached hydrogen (secondary N) is 2. The zero-order valence-electron chi connectivity index (χ0n) is 26.6. The van der Waals surface area contributed by atoms with Gasteiger partial charge >= 0.3 is 0 Å². The first-order chi connectivity index (χ1) is 24.2. The van der Waals surface area contributed by atoms with E-state index in [1.807, 2.05) is 48.5 Å². The van der Waals surface area contributed by atoms with E-state index in [2.05, 4.69) is 119 Å². The van der Waals surface area contributed by atoms with E-state index in [1.54, 1.807) is 0 Å². The Kier molecular flexibility index (Phi) is 7.11. The monoisotopic (exact) mass is 632 g/mol. The van der Waals surface area contributed by atoms with Gasteiger partial charge in [-0.25, -0.2) is 4.98 Å². The Balaban J connectivity index is 1.49. The molecule has 0 aliphatic carbocycles. The number of fused-ring (bicyclic) bond motifs is 8. The number of hydrogen-bond acceptors (Lipinski definition) is 3. The number of H-pyrrole nitrogens is 2. The molecule has 0 spiro atoms. The minimum Gasteiger partial charge on any atom is -0.386 e. The maximum atomic E-state index is 11.8. The summed E-state index contributed by atoms with van der Waals surface area (Å²) in [6.07, 6.45) is 3.83. The van der Waals surface area contributed by atoms with Crippen LogP contribution in [0.15, 0.2) is 146 Å². The normalized spacial score (nSPS) is 13.9. The van der Waals surface area contributed by atoms with E-state index in [4.69, 9.17) is 9.97 Å². The molecule has 4 aromatic carbocycles. The minimum atomic E-state index is -0.788. The van der Waals surface area contributed by atoms with Gasteiger partial charge in [0, 0.05) is 50.7 Å². The maximum Gasteiger partial charge on any atom is 0.102 e. The van der Waals surface area contributed by atoms with E-state index in [1.165, 1.54) is 0 Å². The van der Waals surface area contributed by atoms with Gasteiger partial charge in [0.05, 0.1) is 22.8 Å². The van der Waals surface area contributed by atoms with Crippen molar-refractivity contribution in [2.45, 2.75) is 12.5 Å². The van der Waals surface area contributed by atoms with Crippen molar-refractivity contribution in [3.63, 3.8) is 0 Å². The number of hydrogen-bond donors (Lipinski definition) is 3. The molecule has 2 aliphatic rings. The van der Waals surface area contributed by atoms with Gasteiger partial charge in [0.2, 0.25) is 0 Å². The number of rotatable bonds is 4. The molecule has 3 N–H and O–H groups in total. The molecular formula is C44H32N4O. The van der Waals surface area contributed by atoms with Crippen molar-refractivity contribution in [2.75, 3.05) is 0 Å². The highest BCUT2D eigenvalue weighted by atomic mass is 16.3. The van der Waals surface area contributed by atoms with Crippen LogP contribution in [0.25, 0.3) is 78.7 Å². The Morgan fingerprint density at radius 1 is 0.429 bits per heavy atom. The Morgan fingerprint density at radius 2 is 0.796 bits per heavy atom. The molecule has 0 amide bonds. The third-order valence-corrected chi connectivity index (χ3v) is 9.35. The molecule has 3 aromatic heterocycles. The van der Waals surface area contributed by atoms with Crippen LogP contribution in [0.4, 0.5) is 0 Å². The fourth-order valence-electron chi connectivity index (χ4n) is 7.16. The van der Waals surface area contributed by atoms with E-state index in [-0.39, 0.29) is 0 Å². The maximum absolute atomic E-state index is 11.8. The predicted octanol–water partition coefficient (Wildman–Crippen LogP) is 10.4. The molecule has 5 heteroatoms. The highest BCUT2D eigenvalue weighted by Gasteiger charge is 2.26. The zero-order valence-corrected chi connectivity index (χ0v) is 26.6. The minimum absolute atomic E-state index is 0.391. The molecule has 49 heavy (non-hydrogen) atoms. The van der Waals surface area contributed by atoms with Crippen molar-refractivity contribution in [3.8, 4) is 44.5 Å². The lowest BCUT2D eigenvalue weighted by molar-refractivity contribution is 0.184. The first kappa shape index (κ1) is 28.9. The molecule has 7 aromatic rings. The summed E-state index contributed by atoms with van der Waals surface area (Å²) in [5.74, 6) is 0. The number of aromatic nitrogens is 4. The smallest absolute Gasteiger partial charge is 0.102 e. The van der Waals surface area contributed by atoms with Gasteiger partial charge < -0.3 is 15.1 Å². The van der Waals surface area contributed by atoms with Gasteiger partial charge in [-0.05, 0) is 58.7 Å². The number of aliphatic hydroxyl groups excluding tert-OH is 1. The topological polar surface area (TPSA) is 77.6 Å². The van der Waals surface area contributed by atoms with Gasteiger partial charge in [0.15, 0.2) is 0 Å². The van der Waals surface area contributed by atoms with Gasteiger partial charge in [0.25, 0.3) is 0 Å². The number of nitrogens with zero attached hydrogens (tertiary/aromatic N) is 2. The molecule has 0 saturated carbocycles. The van der Waals surface area contributed by atoms with Crippen molar-refractivity contribution >= 4 is 34.2 Å². The van der Waals surface area contributed by atoms with Crippen LogP contribution in [-0.2, 0) is 6.42 Å². The molecule has 8 bridgehead atoms. The summed E-state index contributed by atoms with van der Waals surface area (Å²) >= 11 is 0. The quantitative estimate of drug-likeness (QED) is 0.181. The third-order valence-electron chi connectivity index (χ3n) is 9.35.